The molecule has 0 fully saturated rings. The molecule has 45 heavy (non-hydrogen) atoms. The van der Waals surface area contributed by atoms with Gasteiger partial charge in [0.15, 0.2) is 0 Å². The van der Waals surface area contributed by atoms with Crippen LogP contribution in [0.15, 0.2) is 155 Å². The number of benzene rings is 6. The molecule has 0 aliphatic carbocycles. The van der Waals surface area contributed by atoms with Crippen LogP contribution in [-0.4, -0.2) is 35.9 Å². The fourth-order valence-corrected chi connectivity index (χ4v) is 10.5. The van der Waals surface area contributed by atoms with E-state index < -0.39 is 0 Å². The van der Waals surface area contributed by atoms with Crippen LogP contribution in [0.2, 0.25) is 0 Å². The van der Waals surface area contributed by atoms with Gasteiger partial charge in [0, 0.05) is 0 Å². The Labute approximate surface area is 289 Å². The molecule has 0 N–H and O–H groups in total. The molecule has 0 atom stereocenters. The second-order valence-corrected chi connectivity index (χ2v) is 18.5. The van der Waals surface area contributed by atoms with Crippen LogP contribution in [0.3, 0.4) is 0 Å². The monoisotopic (exact) mass is 782 g/mol. The van der Waals surface area contributed by atoms with E-state index in [2.05, 4.69) is 146 Å². The van der Waals surface area contributed by atoms with Gasteiger partial charge in [0.2, 0.25) is 0 Å². The van der Waals surface area contributed by atoms with E-state index in [1.165, 1.54) is 59.3 Å². The molecule has 12 bridgehead atoms. The van der Waals surface area contributed by atoms with Crippen molar-refractivity contribution in [2.75, 3.05) is 0 Å². The maximum atomic E-state index is 2.36. The van der Waals surface area contributed by atoms with E-state index in [1.54, 1.807) is 0 Å². The van der Waals surface area contributed by atoms with Crippen molar-refractivity contribution in [1.82, 2.24) is 0 Å². The van der Waals surface area contributed by atoms with Gasteiger partial charge in [0.25, 0.3) is 0 Å². The van der Waals surface area contributed by atoms with Crippen LogP contribution in [0.4, 0.5) is 0 Å². The quantitative estimate of drug-likeness (QED) is 0.153. The molecular weight excluding hydrogens is 743 g/mol. The zero-order valence-electron chi connectivity index (χ0n) is 25.3. The Morgan fingerprint density at radius 3 is 0.911 bits per heavy atom. The summed E-state index contributed by atoms with van der Waals surface area (Å²) in [7, 11) is 0. The van der Waals surface area contributed by atoms with Crippen LogP contribution < -0.4 is 16.1 Å². The van der Waals surface area contributed by atoms with Gasteiger partial charge >= 0.3 is 291 Å². The van der Waals surface area contributed by atoms with Crippen molar-refractivity contribution in [2.24, 2.45) is 0 Å². The first-order valence-corrected chi connectivity index (χ1v) is 20.6. The first-order valence-electron chi connectivity index (χ1n) is 15.8. The molecule has 0 radical (unpaired) electrons. The van der Waals surface area contributed by atoms with Crippen molar-refractivity contribution in [3.05, 3.63) is 179 Å². The van der Waals surface area contributed by atoms with E-state index in [4.69, 9.17) is 0 Å². The first kappa shape index (κ1) is 30.6. The molecule has 0 spiro atoms. The third-order valence-corrected chi connectivity index (χ3v) is 14.4. The van der Waals surface area contributed by atoms with E-state index in [0.717, 1.165) is 38.5 Å². The molecule has 16 heterocycles. The summed E-state index contributed by atoms with van der Waals surface area (Å²) in [6.07, 6.45) is 6.48. The average Bonchev–Trinajstić information content (AvgIpc) is 3.09. The summed E-state index contributed by atoms with van der Waals surface area (Å²) in [5.41, 5.74) is 8.50. The molecular formula is C42H36SSeTe. The van der Waals surface area contributed by atoms with Gasteiger partial charge in [-0.15, -0.1) is 0 Å². The van der Waals surface area contributed by atoms with Crippen LogP contribution in [0, 0.1) is 0 Å². The summed E-state index contributed by atoms with van der Waals surface area (Å²) in [5, 5.41) is 0. The molecule has 16 aliphatic heterocycles. The van der Waals surface area contributed by atoms with E-state index in [0.29, 0.717) is 15.0 Å². The van der Waals surface area contributed by atoms with Crippen molar-refractivity contribution >= 4 is 63.8 Å². The van der Waals surface area contributed by atoms with Gasteiger partial charge in [0.1, 0.15) is 0 Å². The minimum atomic E-state index is -0.365. The van der Waals surface area contributed by atoms with Crippen molar-refractivity contribution in [3.8, 4) is 0 Å². The van der Waals surface area contributed by atoms with Crippen LogP contribution >= 0.6 is 11.8 Å². The Kier molecular flexibility index (Phi) is 10.2. The van der Waals surface area contributed by atoms with E-state index in [9.17, 15) is 0 Å². The van der Waals surface area contributed by atoms with Gasteiger partial charge in [-0.05, 0) is 0 Å². The van der Waals surface area contributed by atoms with Gasteiger partial charge in [-0.25, -0.2) is 0 Å². The number of aryl methyl sites for hydroxylation is 6. The molecule has 6 aromatic carbocycles. The second-order valence-electron chi connectivity index (χ2n) is 11.7. The molecule has 0 saturated carbocycles. The molecule has 0 amide bonds. The Hall–Kier alpha value is -3.02. The fraction of sp³-hybridized carbons (Fsp3) is 0.143. The predicted octanol–water partition coefficient (Wildman–Crippen LogP) is 6.82. The van der Waals surface area contributed by atoms with E-state index >= 15 is 0 Å². The summed E-state index contributed by atoms with van der Waals surface area (Å²) in [6, 6.07) is 55.8. The molecule has 3 heteroatoms. The molecule has 0 saturated heterocycles. The van der Waals surface area contributed by atoms with Crippen molar-refractivity contribution in [2.45, 2.75) is 48.3 Å². The maximum absolute atomic E-state index is 2.36. The molecule has 0 unspecified atom stereocenters. The van der Waals surface area contributed by atoms with Crippen molar-refractivity contribution in [1.29, 1.82) is 0 Å². The van der Waals surface area contributed by atoms with Gasteiger partial charge in [-0.2, -0.15) is 0 Å². The Morgan fingerprint density at radius 1 is 0.333 bits per heavy atom. The summed E-state index contributed by atoms with van der Waals surface area (Å²) < 4.78 is 5.89. The van der Waals surface area contributed by atoms with Gasteiger partial charge in [0.05, 0.1) is 0 Å². The van der Waals surface area contributed by atoms with Gasteiger partial charge < -0.3 is 0 Å². The second kappa shape index (κ2) is 15.0. The zero-order valence-corrected chi connectivity index (χ0v) is 30.2. The van der Waals surface area contributed by atoms with Gasteiger partial charge in [-0.1, -0.05) is 0 Å². The predicted molar refractivity (Wildman–Crippen MR) is 195 cm³/mol. The SMILES string of the molecule is c1cc2ccc1CCc1ccc(cc1)[Se]c1ccc(cc1)CCc1ccc(cc1)[Te]c1ccc(cc1)CCc1ccc(cc1)S2. The zero-order chi connectivity index (χ0) is 30.3. The molecule has 222 valence electrons. The Bertz CT molecular complexity index is 1450. The topological polar surface area (TPSA) is 0 Å². The average molecular weight is 779 g/mol. The molecule has 16 aliphatic rings. The fourth-order valence-electron chi connectivity index (χ4n) is 5.62. The van der Waals surface area contributed by atoms with Gasteiger partial charge in [-0.3, -0.25) is 0 Å². The minimum absolute atomic E-state index is 0.336. The third kappa shape index (κ3) is 8.83. The van der Waals surface area contributed by atoms with Crippen LogP contribution in [-0.2, 0) is 38.5 Å². The van der Waals surface area contributed by atoms with E-state index in [1.807, 2.05) is 11.8 Å². The number of hydrogen-bond donors (Lipinski definition) is 0. The first-order chi connectivity index (χ1) is 22.2. The third-order valence-electron chi connectivity index (χ3n) is 8.35. The summed E-state index contributed by atoms with van der Waals surface area (Å²) in [6.45, 7) is 0. The standard InChI is InChI=1S/C42H36SSeTe/c1-3-33-11-23-39(24-12-33)44-40-25-13-34(14-26-40)4-6-36-17-29-42(30-18-36)45-41-27-15-35(16-28-41)5-2-32-9-21-38(22-10-32)43-37-19-7-31(1)8-20-37/h7-30H,1-6H2. The van der Waals surface area contributed by atoms with Crippen LogP contribution in [0.25, 0.3) is 0 Å². The van der Waals surface area contributed by atoms with Crippen LogP contribution in [0.5, 0.6) is 0 Å². The summed E-state index contributed by atoms with van der Waals surface area (Å²) in [4.78, 5) is 2.60. The number of rotatable bonds is 0. The Morgan fingerprint density at radius 2 is 0.600 bits per heavy atom. The van der Waals surface area contributed by atoms with Crippen molar-refractivity contribution in [3.63, 3.8) is 0 Å². The molecule has 0 nitrogen and oxygen atoms in total. The van der Waals surface area contributed by atoms with Crippen LogP contribution in [0.1, 0.15) is 33.4 Å². The Balaban J connectivity index is 1.07. The number of hydrogen-bond acceptors (Lipinski definition) is 1. The summed E-state index contributed by atoms with van der Waals surface area (Å²) in [5.74, 6) is 0. The van der Waals surface area contributed by atoms with E-state index in [-0.39, 0.29) is 20.9 Å². The molecule has 22 rings (SSSR count). The summed E-state index contributed by atoms with van der Waals surface area (Å²) >= 11 is 1.82. The normalized spacial score (nSPS) is 13.9. The molecule has 0 aromatic heterocycles. The van der Waals surface area contributed by atoms with Crippen molar-refractivity contribution < 1.29 is 0 Å². The molecule has 6 aromatic rings.